The molecule has 1 nitrogen and oxygen atoms in total. The Morgan fingerprint density at radius 2 is 1.68 bits per heavy atom. The second-order valence-corrected chi connectivity index (χ2v) is 5.58. The molecule has 1 atom stereocenters. The highest BCUT2D eigenvalue weighted by Gasteiger charge is 2.24. The molecule has 0 spiro atoms. The van der Waals surface area contributed by atoms with Crippen LogP contribution in [0.5, 0.6) is 0 Å². The number of aryl methyl sites for hydroxylation is 3. The summed E-state index contributed by atoms with van der Waals surface area (Å²) in [6.45, 7) is 6.04. The zero-order chi connectivity index (χ0) is 13.9. The van der Waals surface area contributed by atoms with Gasteiger partial charge in [-0.3, -0.25) is 0 Å². The number of rotatable bonds is 4. The Morgan fingerprint density at radius 1 is 1.00 bits per heavy atom. The van der Waals surface area contributed by atoms with Gasteiger partial charge in [0.1, 0.15) is 0 Å². The largest absolute Gasteiger partial charge is 0.385 e. The zero-order valence-electron chi connectivity index (χ0n) is 12.0. The summed E-state index contributed by atoms with van der Waals surface area (Å²) in [6, 6.07) is 16.6. The first-order valence-electron chi connectivity index (χ1n) is 6.83. The molecule has 0 aliphatic carbocycles. The van der Waals surface area contributed by atoms with E-state index in [0.717, 1.165) is 24.0 Å². The second kappa shape index (κ2) is 5.58. The van der Waals surface area contributed by atoms with E-state index in [1.54, 1.807) is 0 Å². The normalized spacial score (nSPS) is 14.1. The van der Waals surface area contributed by atoms with E-state index in [4.69, 9.17) is 0 Å². The Kier molecular flexibility index (Phi) is 4.06. The molecule has 0 heterocycles. The lowest BCUT2D eigenvalue weighted by Gasteiger charge is -2.26. The standard InChI is InChI=1S/C18H22O/c1-14-9-10-15(2)17(13-14)18(3,19)12-11-16-7-5-4-6-8-16/h4-10,13,19H,11-12H2,1-3H3. The lowest BCUT2D eigenvalue weighted by molar-refractivity contribution is 0.0474. The number of aliphatic hydroxyl groups is 1. The summed E-state index contributed by atoms with van der Waals surface area (Å²) < 4.78 is 0. The second-order valence-electron chi connectivity index (χ2n) is 5.58. The molecule has 0 radical (unpaired) electrons. The van der Waals surface area contributed by atoms with E-state index < -0.39 is 5.60 Å². The summed E-state index contributed by atoms with van der Waals surface area (Å²) >= 11 is 0. The maximum Gasteiger partial charge on any atom is 0.0874 e. The highest BCUT2D eigenvalue weighted by molar-refractivity contribution is 5.34. The minimum absolute atomic E-state index is 0.737. The number of hydrogen-bond donors (Lipinski definition) is 1. The molecule has 0 aliphatic rings. The first kappa shape index (κ1) is 13.8. The van der Waals surface area contributed by atoms with Crippen LogP contribution in [0, 0.1) is 13.8 Å². The van der Waals surface area contributed by atoms with Crippen molar-refractivity contribution in [3.05, 3.63) is 70.8 Å². The van der Waals surface area contributed by atoms with E-state index in [-0.39, 0.29) is 0 Å². The fourth-order valence-corrected chi connectivity index (χ4v) is 2.48. The summed E-state index contributed by atoms with van der Waals surface area (Å²) in [5.41, 5.74) is 3.90. The summed E-state index contributed by atoms with van der Waals surface area (Å²) in [4.78, 5) is 0. The van der Waals surface area contributed by atoms with Crippen LogP contribution in [0.15, 0.2) is 48.5 Å². The third kappa shape index (κ3) is 3.45. The Bertz CT molecular complexity index is 541. The molecule has 2 rings (SSSR count). The molecule has 1 N–H and O–H groups in total. The van der Waals surface area contributed by atoms with Crippen molar-refractivity contribution in [2.24, 2.45) is 0 Å². The molecule has 0 aliphatic heterocycles. The lowest BCUT2D eigenvalue weighted by atomic mass is 9.86. The van der Waals surface area contributed by atoms with E-state index in [1.807, 2.05) is 25.1 Å². The van der Waals surface area contributed by atoms with E-state index in [9.17, 15) is 5.11 Å². The molecule has 0 fully saturated rings. The third-order valence-electron chi connectivity index (χ3n) is 3.72. The van der Waals surface area contributed by atoms with Crippen LogP contribution in [-0.2, 0) is 12.0 Å². The fraction of sp³-hybridized carbons (Fsp3) is 0.333. The first-order chi connectivity index (χ1) is 8.99. The molecule has 0 aromatic heterocycles. The highest BCUT2D eigenvalue weighted by atomic mass is 16.3. The van der Waals surface area contributed by atoms with Crippen LogP contribution in [0.25, 0.3) is 0 Å². The Labute approximate surface area is 115 Å². The zero-order valence-corrected chi connectivity index (χ0v) is 12.0. The average Bonchev–Trinajstić information content (AvgIpc) is 2.40. The maximum absolute atomic E-state index is 10.8. The van der Waals surface area contributed by atoms with Gasteiger partial charge in [0, 0.05) is 0 Å². The average molecular weight is 254 g/mol. The van der Waals surface area contributed by atoms with Crippen molar-refractivity contribution in [2.45, 2.75) is 39.2 Å². The van der Waals surface area contributed by atoms with Gasteiger partial charge in [-0.15, -0.1) is 0 Å². The van der Waals surface area contributed by atoms with Gasteiger partial charge in [-0.1, -0.05) is 54.1 Å². The molecule has 1 unspecified atom stereocenters. The summed E-state index contributed by atoms with van der Waals surface area (Å²) in [5.74, 6) is 0. The Morgan fingerprint density at radius 3 is 2.37 bits per heavy atom. The molecule has 2 aromatic rings. The molecule has 2 aromatic carbocycles. The molecular formula is C18H22O. The van der Waals surface area contributed by atoms with Crippen molar-refractivity contribution in [1.82, 2.24) is 0 Å². The van der Waals surface area contributed by atoms with Crippen LogP contribution >= 0.6 is 0 Å². The molecule has 0 amide bonds. The molecule has 0 saturated carbocycles. The summed E-state index contributed by atoms with van der Waals surface area (Å²) in [6.07, 6.45) is 1.63. The van der Waals surface area contributed by atoms with E-state index in [2.05, 4.69) is 44.2 Å². The van der Waals surface area contributed by atoms with Gasteiger partial charge in [0.25, 0.3) is 0 Å². The van der Waals surface area contributed by atoms with Crippen molar-refractivity contribution < 1.29 is 5.11 Å². The lowest BCUT2D eigenvalue weighted by Crippen LogP contribution is -2.23. The van der Waals surface area contributed by atoms with E-state index >= 15 is 0 Å². The summed E-state index contributed by atoms with van der Waals surface area (Å²) in [7, 11) is 0. The van der Waals surface area contributed by atoms with Crippen molar-refractivity contribution in [2.75, 3.05) is 0 Å². The number of hydrogen-bond acceptors (Lipinski definition) is 1. The van der Waals surface area contributed by atoms with Gasteiger partial charge in [0.2, 0.25) is 0 Å². The SMILES string of the molecule is Cc1ccc(C)c(C(C)(O)CCc2ccccc2)c1. The molecule has 0 bridgehead atoms. The van der Waals surface area contributed by atoms with Crippen LogP contribution in [0.1, 0.15) is 35.6 Å². The molecule has 100 valence electrons. The third-order valence-corrected chi connectivity index (χ3v) is 3.72. The van der Waals surface area contributed by atoms with Crippen LogP contribution in [0.2, 0.25) is 0 Å². The van der Waals surface area contributed by atoms with Gasteiger partial charge in [-0.05, 0) is 50.3 Å². The molecule has 0 saturated heterocycles. The van der Waals surface area contributed by atoms with Crippen molar-refractivity contribution >= 4 is 0 Å². The van der Waals surface area contributed by atoms with E-state index in [1.165, 1.54) is 11.1 Å². The Balaban J connectivity index is 2.16. The van der Waals surface area contributed by atoms with Gasteiger partial charge in [0.15, 0.2) is 0 Å². The first-order valence-corrected chi connectivity index (χ1v) is 6.83. The smallest absolute Gasteiger partial charge is 0.0874 e. The van der Waals surface area contributed by atoms with Gasteiger partial charge < -0.3 is 5.11 Å². The van der Waals surface area contributed by atoms with E-state index in [0.29, 0.717) is 0 Å². The minimum atomic E-state index is -0.772. The monoisotopic (exact) mass is 254 g/mol. The predicted octanol–water partition coefficient (Wildman–Crippen LogP) is 4.14. The maximum atomic E-state index is 10.8. The van der Waals surface area contributed by atoms with Crippen molar-refractivity contribution in [3.8, 4) is 0 Å². The molecule has 1 heteroatoms. The molecule has 19 heavy (non-hydrogen) atoms. The Hall–Kier alpha value is -1.60. The van der Waals surface area contributed by atoms with Crippen molar-refractivity contribution in [3.63, 3.8) is 0 Å². The van der Waals surface area contributed by atoms with Gasteiger partial charge in [-0.2, -0.15) is 0 Å². The molecular weight excluding hydrogens is 232 g/mol. The van der Waals surface area contributed by atoms with Gasteiger partial charge in [0.05, 0.1) is 5.60 Å². The fourth-order valence-electron chi connectivity index (χ4n) is 2.48. The van der Waals surface area contributed by atoms with Crippen LogP contribution in [0.3, 0.4) is 0 Å². The van der Waals surface area contributed by atoms with Gasteiger partial charge >= 0.3 is 0 Å². The highest BCUT2D eigenvalue weighted by Crippen LogP contribution is 2.29. The number of benzene rings is 2. The summed E-state index contributed by atoms with van der Waals surface area (Å²) in [5, 5.41) is 10.8. The van der Waals surface area contributed by atoms with Crippen LogP contribution in [-0.4, -0.2) is 5.11 Å². The van der Waals surface area contributed by atoms with Gasteiger partial charge in [-0.25, -0.2) is 0 Å². The van der Waals surface area contributed by atoms with Crippen LogP contribution in [0.4, 0.5) is 0 Å². The van der Waals surface area contributed by atoms with Crippen LogP contribution < -0.4 is 0 Å². The minimum Gasteiger partial charge on any atom is -0.385 e. The van der Waals surface area contributed by atoms with Crippen molar-refractivity contribution in [1.29, 1.82) is 0 Å². The predicted molar refractivity (Wildman–Crippen MR) is 80.2 cm³/mol. The quantitative estimate of drug-likeness (QED) is 0.869. The topological polar surface area (TPSA) is 20.2 Å².